The van der Waals surface area contributed by atoms with Gasteiger partial charge in [-0.2, -0.15) is 0 Å². The number of benzene rings is 1. The minimum Gasteiger partial charge on any atom is -0.361 e. The largest absolute Gasteiger partial charge is 0.361 e. The molecule has 1 fully saturated rings. The van der Waals surface area contributed by atoms with Gasteiger partial charge >= 0.3 is 0 Å². The molecule has 1 saturated heterocycles. The van der Waals surface area contributed by atoms with Crippen molar-refractivity contribution in [3.8, 4) is 0 Å². The Balaban J connectivity index is 1.73. The molecule has 0 saturated carbocycles. The fourth-order valence-corrected chi connectivity index (χ4v) is 3.94. The summed E-state index contributed by atoms with van der Waals surface area (Å²) in [6.45, 7) is 2.47. The number of carbonyl (C=O) groups is 1. The normalized spacial score (nSPS) is 28.1. The van der Waals surface area contributed by atoms with Crippen LogP contribution in [0.25, 0.3) is 10.9 Å². The maximum absolute atomic E-state index is 11.3. The van der Waals surface area contributed by atoms with Crippen LogP contribution in [0.1, 0.15) is 30.4 Å². The first-order chi connectivity index (χ1) is 9.72. The summed E-state index contributed by atoms with van der Waals surface area (Å²) in [5.74, 6) is 0.555. The summed E-state index contributed by atoms with van der Waals surface area (Å²) < 4.78 is 0. The van der Waals surface area contributed by atoms with Gasteiger partial charge in [0.25, 0.3) is 0 Å². The van der Waals surface area contributed by atoms with Crippen LogP contribution in [0.2, 0.25) is 0 Å². The zero-order chi connectivity index (χ0) is 13.7. The second kappa shape index (κ2) is 4.35. The molecule has 1 amide bonds. The van der Waals surface area contributed by atoms with E-state index in [-0.39, 0.29) is 11.9 Å². The third-order valence-corrected chi connectivity index (χ3v) is 4.72. The Bertz CT molecular complexity index is 675. The molecule has 4 heteroatoms. The average molecular weight is 269 g/mol. The fraction of sp³-hybridized carbons (Fsp3) is 0.438. The Hall–Kier alpha value is -1.81. The van der Waals surface area contributed by atoms with Crippen LogP contribution in [0, 0.1) is 0 Å². The molecule has 20 heavy (non-hydrogen) atoms. The monoisotopic (exact) mass is 269 g/mol. The summed E-state index contributed by atoms with van der Waals surface area (Å²) in [7, 11) is 0. The highest BCUT2D eigenvalue weighted by atomic mass is 16.1. The van der Waals surface area contributed by atoms with Crippen LogP contribution < -0.4 is 10.6 Å². The third kappa shape index (κ3) is 1.75. The molecule has 4 nitrogen and oxygen atoms in total. The molecule has 4 rings (SSSR count). The van der Waals surface area contributed by atoms with Crippen molar-refractivity contribution < 1.29 is 4.79 Å². The summed E-state index contributed by atoms with van der Waals surface area (Å²) in [5, 5.41) is 8.08. The number of amides is 1. The lowest BCUT2D eigenvalue weighted by Crippen LogP contribution is -2.53. The van der Waals surface area contributed by atoms with Crippen molar-refractivity contribution in [2.75, 3.05) is 6.54 Å². The topological polar surface area (TPSA) is 56.9 Å². The highest BCUT2D eigenvalue weighted by Crippen LogP contribution is 2.40. The smallest absolute Gasteiger partial charge is 0.217 e. The number of hydrogen-bond donors (Lipinski definition) is 3. The first-order valence-electron chi connectivity index (χ1n) is 7.31. The van der Waals surface area contributed by atoms with E-state index < -0.39 is 0 Å². The fourth-order valence-electron chi connectivity index (χ4n) is 3.94. The number of H-pyrrole nitrogens is 1. The maximum Gasteiger partial charge on any atom is 0.217 e. The molecule has 0 spiro atoms. The van der Waals surface area contributed by atoms with Crippen LogP contribution >= 0.6 is 0 Å². The van der Waals surface area contributed by atoms with E-state index in [0.29, 0.717) is 12.0 Å². The van der Waals surface area contributed by atoms with Crippen LogP contribution in [-0.4, -0.2) is 29.5 Å². The summed E-state index contributed by atoms with van der Waals surface area (Å²) in [6.07, 6.45) is 4.25. The lowest BCUT2D eigenvalue weighted by Gasteiger charge is -2.40. The first-order valence-corrected chi connectivity index (χ1v) is 7.31. The number of hydrogen-bond acceptors (Lipinski definition) is 2. The van der Waals surface area contributed by atoms with E-state index in [0.717, 1.165) is 19.4 Å². The van der Waals surface area contributed by atoms with Crippen molar-refractivity contribution in [3.63, 3.8) is 0 Å². The molecule has 3 N–H and O–H groups in total. The minimum absolute atomic E-state index is 0.0617. The third-order valence-electron chi connectivity index (χ3n) is 4.72. The molecule has 1 aromatic heterocycles. The van der Waals surface area contributed by atoms with E-state index in [1.165, 1.54) is 22.0 Å². The number of nitrogens with one attached hydrogen (secondary N) is 3. The van der Waals surface area contributed by atoms with Gasteiger partial charge in [-0.1, -0.05) is 12.1 Å². The molecule has 1 unspecified atom stereocenters. The summed E-state index contributed by atoms with van der Waals surface area (Å²) in [4.78, 5) is 14.7. The number of aromatic amines is 1. The Kier molecular flexibility index (Phi) is 2.60. The zero-order valence-electron chi connectivity index (χ0n) is 11.6. The number of aromatic nitrogens is 1. The van der Waals surface area contributed by atoms with E-state index in [1.807, 2.05) is 0 Å². The van der Waals surface area contributed by atoms with Gasteiger partial charge in [0.1, 0.15) is 0 Å². The average Bonchev–Trinajstić information content (AvgIpc) is 2.84. The summed E-state index contributed by atoms with van der Waals surface area (Å²) >= 11 is 0. The van der Waals surface area contributed by atoms with Gasteiger partial charge in [-0.15, -0.1) is 0 Å². The van der Waals surface area contributed by atoms with E-state index in [1.54, 1.807) is 6.92 Å². The van der Waals surface area contributed by atoms with Crippen molar-refractivity contribution in [1.29, 1.82) is 0 Å². The maximum atomic E-state index is 11.3. The van der Waals surface area contributed by atoms with Crippen LogP contribution in [0.3, 0.4) is 0 Å². The molecule has 3 atom stereocenters. The van der Waals surface area contributed by atoms with Gasteiger partial charge in [-0.3, -0.25) is 4.79 Å². The van der Waals surface area contributed by atoms with Crippen molar-refractivity contribution in [1.82, 2.24) is 15.6 Å². The van der Waals surface area contributed by atoms with Crippen LogP contribution in [0.5, 0.6) is 0 Å². The van der Waals surface area contributed by atoms with Crippen molar-refractivity contribution in [3.05, 3.63) is 35.5 Å². The van der Waals surface area contributed by atoms with Crippen LogP contribution in [0.4, 0.5) is 0 Å². The number of fused-ring (bicyclic) bond motifs is 2. The summed E-state index contributed by atoms with van der Waals surface area (Å²) in [6, 6.07) is 7.25. The molecule has 1 aliphatic carbocycles. The first kappa shape index (κ1) is 12.0. The Morgan fingerprint density at radius 2 is 2.30 bits per heavy atom. The highest BCUT2D eigenvalue weighted by molar-refractivity contribution is 5.88. The molecule has 2 aliphatic rings. The van der Waals surface area contributed by atoms with Gasteiger partial charge in [0.05, 0.1) is 0 Å². The number of rotatable bonds is 1. The van der Waals surface area contributed by atoms with Crippen molar-refractivity contribution >= 4 is 16.8 Å². The van der Waals surface area contributed by atoms with E-state index in [2.05, 4.69) is 40.0 Å². The van der Waals surface area contributed by atoms with Crippen LogP contribution in [-0.2, 0) is 11.2 Å². The van der Waals surface area contributed by atoms with Gasteiger partial charge in [-0.25, -0.2) is 0 Å². The predicted octanol–water partition coefficient (Wildman–Crippen LogP) is 1.67. The number of piperidine rings is 1. The van der Waals surface area contributed by atoms with Crippen molar-refractivity contribution in [2.24, 2.45) is 0 Å². The van der Waals surface area contributed by atoms with Gasteiger partial charge in [0.2, 0.25) is 5.91 Å². The lowest BCUT2D eigenvalue weighted by atomic mass is 9.75. The van der Waals surface area contributed by atoms with Crippen molar-refractivity contribution in [2.45, 2.75) is 37.8 Å². The molecule has 0 radical (unpaired) electrons. The Morgan fingerprint density at radius 1 is 1.40 bits per heavy atom. The van der Waals surface area contributed by atoms with E-state index in [4.69, 9.17) is 0 Å². The van der Waals surface area contributed by atoms with Gasteiger partial charge in [0, 0.05) is 48.6 Å². The van der Waals surface area contributed by atoms with Gasteiger partial charge < -0.3 is 15.6 Å². The van der Waals surface area contributed by atoms with Gasteiger partial charge in [0.15, 0.2) is 0 Å². The minimum atomic E-state index is 0.0617. The van der Waals surface area contributed by atoms with Gasteiger partial charge in [-0.05, 0) is 30.0 Å². The SMILES string of the molecule is CC(=O)NC1CN[C@@H]2Cc3c[nH]c4cccc(c34)[C@H]2C1. The quantitative estimate of drug-likeness (QED) is 0.737. The molecular formula is C16H19N3O. The highest BCUT2D eigenvalue weighted by Gasteiger charge is 2.36. The Morgan fingerprint density at radius 3 is 3.15 bits per heavy atom. The predicted molar refractivity (Wildman–Crippen MR) is 78.8 cm³/mol. The molecule has 2 heterocycles. The molecule has 2 aromatic rings. The second-order valence-corrected chi connectivity index (χ2v) is 6.04. The second-order valence-electron chi connectivity index (χ2n) is 6.04. The standard InChI is InChI=1S/C16H19N3O/c1-9(20)19-11-6-13-12-3-2-4-14-16(12)10(7-17-14)5-15(13)18-8-11/h2-4,7,11,13,15,17-18H,5-6,8H2,1H3,(H,19,20)/t11?,13-,15-/m1/s1. The molecule has 0 bridgehead atoms. The zero-order valence-corrected chi connectivity index (χ0v) is 11.6. The Labute approximate surface area is 117 Å². The molecule has 1 aliphatic heterocycles. The lowest BCUT2D eigenvalue weighted by molar-refractivity contribution is -0.119. The summed E-state index contributed by atoms with van der Waals surface area (Å²) in [5.41, 5.74) is 4.08. The number of carbonyl (C=O) groups excluding carboxylic acids is 1. The molecular weight excluding hydrogens is 250 g/mol. The van der Waals surface area contributed by atoms with E-state index in [9.17, 15) is 4.79 Å². The molecule has 1 aromatic carbocycles. The van der Waals surface area contributed by atoms with E-state index >= 15 is 0 Å². The van der Waals surface area contributed by atoms with Crippen LogP contribution in [0.15, 0.2) is 24.4 Å². The molecule has 104 valence electrons.